The highest BCUT2D eigenvalue weighted by Crippen LogP contribution is 2.21. The van der Waals surface area contributed by atoms with Crippen molar-refractivity contribution in [2.24, 2.45) is 4.99 Å². The molecule has 3 rings (SSSR count). The fourth-order valence-corrected chi connectivity index (χ4v) is 2.25. The first-order chi connectivity index (χ1) is 11.7. The molecule has 1 heterocycles. The van der Waals surface area contributed by atoms with Crippen molar-refractivity contribution in [2.75, 3.05) is 13.7 Å². The lowest BCUT2D eigenvalue weighted by atomic mass is 10.2. The maximum Gasteiger partial charge on any atom is 0.363 e. The molecule has 24 heavy (non-hydrogen) atoms. The van der Waals surface area contributed by atoms with Crippen molar-refractivity contribution in [2.45, 2.75) is 6.92 Å². The maximum absolute atomic E-state index is 12.0. The molecule has 1 aliphatic heterocycles. The van der Waals surface area contributed by atoms with Gasteiger partial charge >= 0.3 is 5.97 Å². The lowest BCUT2D eigenvalue weighted by Gasteiger charge is -2.02. The van der Waals surface area contributed by atoms with Gasteiger partial charge in [0.2, 0.25) is 5.90 Å². The zero-order valence-corrected chi connectivity index (χ0v) is 13.5. The molecular formula is C19H17NO4. The van der Waals surface area contributed by atoms with Crippen LogP contribution >= 0.6 is 0 Å². The van der Waals surface area contributed by atoms with Gasteiger partial charge in [-0.1, -0.05) is 12.1 Å². The Hall–Kier alpha value is -3.08. The molecule has 0 amide bonds. The summed E-state index contributed by atoms with van der Waals surface area (Å²) in [6.07, 6.45) is 1.69. The van der Waals surface area contributed by atoms with Gasteiger partial charge in [-0.25, -0.2) is 9.79 Å². The van der Waals surface area contributed by atoms with Crippen molar-refractivity contribution < 1.29 is 19.0 Å². The standard InChI is InChI=1S/C19H17NO4/c1-3-23-16-8-4-13(5-9-16)12-17-19(21)24-18(20-17)14-6-10-15(22-2)11-7-14/h4-12H,3H2,1-2H3/b17-12-. The van der Waals surface area contributed by atoms with E-state index in [4.69, 9.17) is 14.2 Å². The summed E-state index contributed by atoms with van der Waals surface area (Å²) in [4.78, 5) is 16.3. The van der Waals surface area contributed by atoms with Gasteiger partial charge in [-0.15, -0.1) is 0 Å². The highest BCUT2D eigenvalue weighted by atomic mass is 16.6. The van der Waals surface area contributed by atoms with E-state index in [1.165, 1.54) is 0 Å². The third-order valence-corrected chi connectivity index (χ3v) is 3.45. The Bertz CT molecular complexity index is 789. The summed E-state index contributed by atoms with van der Waals surface area (Å²) in [7, 11) is 1.60. The number of esters is 1. The highest BCUT2D eigenvalue weighted by molar-refractivity contribution is 6.12. The number of rotatable bonds is 5. The summed E-state index contributed by atoms with van der Waals surface area (Å²) in [5, 5.41) is 0. The second-order valence-corrected chi connectivity index (χ2v) is 5.07. The maximum atomic E-state index is 12.0. The quantitative estimate of drug-likeness (QED) is 0.625. The number of methoxy groups -OCH3 is 1. The van der Waals surface area contributed by atoms with E-state index in [1.807, 2.05) is 31.2 Å². The van der Waals surface area contributed by atoms with Gasteiger partial charge in [0.25, 0.3) is 0 Å². The third-order valence-electron chi connectivity index (χ3n) is 3.45. The van der Waals surface area contributed by atoms with Crippen molar-refractivity contribution in [1.29, 1.82) is 0 Å². The normalized spacial score (nSPS) is 15.2. The van der Waals surface area contributed by atoms with E-state index in [1.54, 1.807) is 37.5 Å². The van der Waals surface area contributed by atoms with Gasteiger partial charge in [-0.3, -0.25) is 0 Å². The average molecular weight is 323 g/mol. The van der Waals surface area contributed by atoms with E-state index in [0.717, 1.165) is 22.6 Å². The molecule has 1 aliphatic rings. The number of hydrogen-bond donors (Lipinski definition) is 0. The Morgan fingerprint density at radius 2 is 1.71 bits per heavy atom. The zero-order chi connectivity index (χ0) is 16.9. The molecule has 0 N–H and O–H groups in total. The minimum atomic E-state index is -0.463. The average Bonchev–Trinajstić information content (AvgIpc) is 2.98. The summed E-state index contributed by atoms with van der Waals surface area (Å²) >= 11 is 0. The summed E-state index contributed by atoms with van der Waals surface area (Å²) in [5.74, 6) is 1.35. The predicted octanol–water partition coefficient (Wildman–Crippen LogP) is 3.44. The minimum absolute atomic E-state index is 0.268. The van der Waals surface area contributed by atoms with Crippen molar-refractivity contribution in [3.63, 3.8) is 0 Å². The van der Waals surface area contributed by atoms with Crippen LogP contribution in [-0.2, 0) is 9.53 Å². The van der Waals surface area contributed by atoms with Gasteiger partial charge in [-0.2, -0.15) is 0 Å². The molecule has 2 aromatic rings. The Morgan fingerprint density at radius 1 is 1.04 bits per heavy atom. The summed E-state index contributed by atoms with van der Waals surface area (Å²) < 4.78 is 15.8. The Balaban J connectivity index is 1.82. The van der Waals surface area contributed by atoms with Crippen LogP contribution in [0.3, 0.4) is 0 Å². The van der Waals surface area contributed by atoms with Gasteiger partial charge in [0.1, 0.15) is 11.5 Å². The van der Waals surface area contributed by atoms with E-state index in [0.29, 0.717) is 12.5 Å². The number of aliphatic imine (C=N–C) groups is 1. The van der Waals surface area contributed by atoms with Crippen LogP contribution < -0.4 is 9.47 Å². The topological polar surface area (TPSA) is 57.1 Å². The van der Waals surface area contributed by atoms with E-state index in [-0.39, 0.29) is 5.70 Å². The van der Waals surface area contributed by atoms with Crippen molar-refractivity contribution in [1.82, 2.24) is 0 Å². The molecule has 0 atom stereocenters. The molecule has 0 spiro atoms. The Labute approximate surface area is 140 Å². The molecule has 2 aromatic carbocycles. The lowest BCUT2D eigenvalue weighted by molar-refractivity contribution is -0.129. The molecule has 5 nitrogen and oxygen atoms in total. The lowest BCUT2D eigenvalue weighted by Crippen LogP contribution is -2.05. The van der Waals surface area contributed by atoms with E-state index in [9.17, 15) is 4.79 Å². The van der Waals surface area contributed by atoms with Crippen LogP contribution in [0.5, 0.6) is 11.5 Å². The van der Waals surface area contributed by atoms with Crippen LogP contribution in [0.15, 0.2) is 59.2 Å². The SMILES string of the molecule is CCOc1ccc(/C=C2\N=C(c3ccc(OC)cc3)OC2=O)cc1. The van der Waals surface area contributed by atoms with Crippen molar-refractivity contribution in [3.05, 3.63) is 65.4 Å². The molecule has 0 saturated heterocycles. The second-order valence-electron chi connectivity index (χ2n) is 5.07. The van der Waals surface area contributed by atoms with Crippen LogP contribution in [-0.4, -0.2) is 25.6 Å². The van der Waals surface area contributed by atoms with Crippen LogP contribution in [0, 0.1) is 0 Å². The number of ether oxygens (including phenoxy) is 3. The number of carbonyl (C=O) groups is 1. The van der Waals surface area contributed by atoms with Crippen molar-refractivity contribution >= 4 is 17.9 Å². The first-order valence-corrected chi connectivity index (χ1v) is 7.59. The van der Waals surface area contributed by atoms with Crippen LogP contribution in [0.25, 0.3) is 6.08 Å². The number of carbonyl (C=O) groups excluding carboxylic acids is 1. The van der Waals surface area contributed by atoms with Crippen LogP contribution in [0.1, 0.15) is 18.1 Å². The summed E-state index contributed by atoms with van der Waals surface area (Å²) in [6, 6.07) is 14.6. The first-order valence-electron chi connectivity index (χ1n) is 7.59. The van der Waals surface area contributed by atoms with Gasteiger partial charge in [-0.05, 0) is 55.0 Å². The number of benzene rings is 2. The fraction of sp³-hybridized carbons (Fsp3) is 0.158. The van der Waals surface area contributed by atoms with E-state index < -0.39 is 5.97 Å². The molecule has 5 heteroatoms. The molecule has 0 radical (unpaired) electrons. The van der Waals surface area contributed by atoms with Gasteiger partial charge in [0.15, 0.2) is 5.70 Å². The highest BCUT2D eigenvalue weighted by Gasteiger charge is 2.24. The Kier molecular flexibility index (Phi) is 4.61. The minimum Gasteiger partial charge on any atom is -0.497 e. The molecule has 0 aliphatic carbocycles. The van der Waals surface area contributed by atoms with Gasteiger partial charge in [0, 0.05) is 5.56 Å². The number of cyclic esters (lactones) is 1. The van der Waals surface area contributed by atoms with Gasteiger partial charge < -0.3 is 14.2 Å². The van der Waals surface area contributed by atoms with E-state index in [2.05, 4.69) is 4.99 Å². The number of hydrogen-bond acceptors (Lipinski definition) is 5. The van der Waals surface area contributed by atoms with Crippen molar-refractivity contribution in [3.8, 4) is 11.5 Å². The first kappa shape index (κ1) is 15.8. The summed E-state index contributed by atoms with van der Waals surface area (Å²) in [5.41, 5.74) is 1.84. The largest absolute Gasteiger partial charge is 0.497 e. The molecule has 122 valence electrons. The third kappa shape index (κ3) is 3.46. The molecule has 0 fully saturated rings. The zero-order valence-electron chi connectivity index (χ0n) is 13.5. The monoisotopic (exact) mass is 323 g/mol. The molecule has 0 aromatic heterocycles. The summed E-state index contributed by atoms with van der Waals surface area (Å²) in [6.45, 7) is 2.54. The molecule has 0 unspecified atom stereocenters. The fourth-order valence-electron chi connectivity index (χ4n) is 2.25. The van der Waals surface area contributed by atoms with Crippen LogP contribution in [0.2, 0.25) is 0 Å². The molecule has 0 saturated carbocycles. The molecule has 0 bridgehead atoms. The Morgan fingerprint density at radius 3 is 2.33 bits per heavy atom. The smallest absolute Gasteiger partial charge is 0.363 e. The second kappa shape index (κ2) is 7.00. The predicted molar refractivity (Wildman–Crippen MR) is 91.2 cm³/mol. The van der Waals surface area contributed by atoms with Gasteiger partial charge in [0.05, 0.1) is 13.7 Å². The van der Waals surface area contributed by atoms with Crippen LogP contribution in [0.4, 0.5) is 0 Å². The van der Waals surface area contributed by atoms with E-state index >= 15 is 0 Å². The number of nitrogens with zero attached hydrogens (tertiary/aromatic N) is 1. The molecular weight excluding hydrogens is 306 g/mol.